The standard InChI is InChI=1S/C16H23NO4/c1-20-8-4-9-21-10-7-17-11-13-5-2-3-6-14(13)15(12-17)16(18)19/h2-3,5-6,15H,4,7-12H2,1H3,(H,18,19). The van der Waals surface area contributed by atoms with Gasteiger partial charge in [0.15, 0.2) is 0 Å². The van der Waals surface area contributed by atoms with Crippen LogP contribution >= 0.6 is 0 Å². The van der Waals surface area contributed by atoms with Crippen molar-refractivity contribution in [2.75, 3.05) is 40.0 Å². The predicted octanol–water partition coefficient (Wildman–Crippen LogP) is 1.72. The molecule has 0 radical (unpaired) electrons. The van der Waals surface area contributed by atoms with Crippen molar-refractivity contribution in [2.24, 2.45) is 0 Å². The molecule has 0 amide bonds. The van der Waals surface area contributed by atoms with Crippen LogP contribution in [-0.2, 0) is 20.8 Å². The highest BCUT2D eigenvalue weighted by atomic mass is 16.5. The number of aliphatic carboxylic acids is 1. The third-order valence-electron chi connectivity index (χ3n) is 3.75. The Morgan fingerprint density at radius 2 is 2.14 bits per heavy atom. The van der Waals surface area contributed by atoms with Crippen LogP contribution in [0.4, 0.5) is 0 Å². The van der Waals surface area contributed by atoms with Crippen molar-refractivity contribution in [1.82, 2.24) is 4.90 Å². The van der Waals surface area contributed by atoms with Gasteiger partial charge in [-0.25, -0.2) is 0 Å². The van der Waals surface area contributed by atoms with E-state index in [1.165, 1.54) is 0 Å². The molecule has 0 saturated carbocycles. The molecule has 1 aliphatic heterocycles. The first-order valence-corrected chi connectivity index (χ1v) is 7.32. The minimum absolute atomic E-state index is 0.441. The average Bonchev–Trinajstić information content (AvgIpc) is 2.49. The third kappa shape index (κ3) is 4.52. The van der Waals surface area contributed by atoms with Crippen molar-refractivity contribution in [3.8, 4) is 0 Å². The lowest BCUT2D eigenvalue weighted by atomic mass is 9.90. The molecule has 5 nitrogen and oxygen atoms in total. The van der Waals surface area contributed by atoms with Gasteiger partial charge in [-0.1, -0.05) is 24.3 Å². The summed E-state index contributed by atoms with van der Waals surface area (Å²) in [6.07, 6.45) is 0.886. The molecular weight excluding hydrogens is 270 g/mol. The van der Waals surface area contributed by atoms with Gasteiger partial charge in [0.1, 0.15) is 0 Å². The van der Waals surface area contributed by atoms with Gasteiger partial charge in [-0.2, -0.15) is 0 Å². The van der Waals surface area contributed by atoms with E-state index in [4.69, 9.17) is 9.47 Å². The fourth-order valence-corrected chi connectivity index (χ4v) is 2.66. The summed E-state index contributed by atoms with van der Waals surface area (Å²) in [5, 5.41) is 9.40. The quantitative estimate of drug-likeness (QED) is 0.740. The molecule has 0 bridgehead atoms. The van der Waals surface area contributed by atoms with Gasteiger partial charge in [0, 0.05) is 40.0 Å². The van der Waals surface area contributed by atoms with Gasteiger partial charge in [-0.05, 0) is 17.5 Å². The Morgan fingerprint density at radius 1 is 1.33 bits per heavy atom. The molecule has 1 aromatic rings. The number of ether oxygens (including phenoxy) is 2. The first-order valence-electron chi connectivity index (χ1n) is 7.32. The van der Waals surface area contributed by atoms with E-state index in [-0.39, 0.29) is 0 Å². The van der Waals surface area contributed by atoms with Crippen molar-refractivity contribution >= 4 is 5.97 Å². The maximum absolute atomic E-state index is 11.4. The molecule has 1 unspecified atom stereocenters. The molecule has 1 heterocycles. The minimum atomic E-state index is -0.756. The zero-order chi connectivity index (χ0) is 15.1. The molecule has 1 aromatic carbocycles. The zero-order valence-electron chi connectivity index (χ0n) is 12.5. The molecule has 5 heteroatoms. The van der Waals surface area contributed by atoms with Gasteiger partial charge in [0.2, 0.25) is 0 Å². The first-order chi connectivity index (χ1) is 10.2. The van der Waals surface area contributed by atoms with E-state index in [1.54, 1.807) is 7.11 Å². The van der Waals surface area contributed by atoms with Crippen molar-refractivity contribution < 1.29 is 19.4 Å². The highest BCUT2D eigenvalue weighted by Gasteiger charge is 2.29. The minimum Gasteiger partial charge on any atom is -0.481 e. The zero-order valence-corrected chi connectivity index (χ0v) is 12.5. The van der Waals surface area contributed by atoms with Crippen LogP contribution in [0.5, 0.6) is 0 Å². The molecule has 0 saturated heterocycles. The number of hydrogen-bond donors (Lipinski definition) is 1. The van der Waals surface area contributed by atoms with Crippen molar-refractivity contribution in [3.05, 3.63) is 35.4 Å². The lowest BCUT2D eigenvalue weighted by Crippen LogP contribution is -2.38. The van der Waals surface area contributed by atoms with Crippen LogP contribution in [0.3, 0.4) is 0 Å². The van der Waals surface area contributed by atoms with Gasteiger partial charge >= 0.3 is 5.97 Å². The number of hydrogen-bond acceptors (Lipinski definition) is 4. The summed E-state index contributed by atoms with van der Waals surface area (Å²) in [7, 11) is 1.68. The van der Waals surface area contributed by atoms with Crippen LogP contribution in [-0.4, -0.2) is 56.0 Å². The number of benzene rings is 1. The lowest BCUT2D eigenvalue weighted by molar-refractivity contribution is -0.139. The normalized spacial score (nSPS) is 18.4. The third-order valence-corrected chi connectivity index (χ3v) is 3.75. The summed E-state index contributed by atoms with van der Waals surface area (Å²) in [4.78, 5) is 13.6. The largest absolute Gasteiger partial charge is 0.481 e. The summed E-state index contributed by atoms with van der Waals surface area (Å²) >= 11 is 0. The molecule has 2 rings (SSSR count). The second-order valence-corrected chi connectivity index (χ2v) is 5.28. The average molecular weight is 293 g/mol. The van der Waals surface area contributed by atoms with E-state index in [0.29, 0.717) is 26.4 Å². The molecule has 0 aromatic heterocycles. The summed E-state index contributed by atoms with van der Waals surface area (Å²) < 4.78 is 10.5. The predicted molar refractivity (Wildman–Crippen MR) is 79.4 cm³/mol. The Kier molecular flexibility index (Phi) is 6.17. The lowest BCUT2D eigenvalue weighted by Gasteiger charge is -2.32. The summed E-state index contributed by atoms with van der Waals surface area (Å²) in [6.45, 7) is 4.11. The van der Waals surface area contributed by atoms with E-state index >= 15 is 0 Å². The number of rotatable bonds is 8. The number of carbonyl (C=O) groups is 1. The molecule has 0 aliphatic carbocycles. The molecule has 0 spiro atoms. The molecule has 0 fully saturated rings. The van der Waals surface area contributed by atoms with E-state index in [9.17, 15) is 9.90 Å². The van der Waals surface area contributed by atoms with Crippen molar-refractivity contribution in [1.29, 1.82) is 0 Å². The van der Waals surface area contributed by atoms with Crippen LogP contribution in [0.25, 0.3) is 0 Å². The van der Waals surface area contributed by atoms with Crippen LogP contribution in [0.2, 0.25) is 0 Å². The Labute approximate surface area is 125 Å². The second-order valence-electron chi connectivity index (χ2n) is 5.28. The SMILES string of the molecule is COCCCOCCN1Cc2ccccc2C(C(=O)O)C1. The van der Waals surface area contributed by atoms with Crippen LogP contribution in [0, 0.1) is 0 Å². The number of carboxylic acids is 1. The maximum Gasteiger partial charge on any atom is 0.312 e. The van der Waals surface area contributed by atoms with Gasteiger partial charge in [-0.3, -0.25) is 9.69 Å². The highest BCUT2D eigenvalue weighted by molar-refractivity contribution is 5.77. The molecule has 1 aliphatic rings. The first kappa shape index (κ1) is 15.9. The topological polar surface area (TPSA) is 59.0 Å². The molecule has 1 atom stereocenters. The van der Waals surface area contributed by atoms with Crippen molar-refractivity contribution in [3.63, 3.8) is 0 Å². The van der Waals surface area contributed by atoms with E-state index in [0.717, 1.165) is 30.6 Å². The smallest absolute Gasteiger partial charge is 0.312 e. The van der Waals surface area contributed by atoms with Gasteiger partial charge in [-0.15, -0.1) is 0 Å². The van der Waals surface area contributed by atoms with Crippen LogP contribution < -0.4 is 0 Å². The van der Waals surface area contributed by atoms with Crippen LogP contribution in [0.1, 0.15) is 23.5 Å². The Morgan fingerprint density at radius 3 is 2.90 bits per heavy atom. The monoisotopic (exact) mass is 293 g/mol. The van der Waals surface area contributed by atoms with Gasteiger partial charge in [0.05, 0.1) is 12.5 Å². The van der Waals surface area contributed by atoms with Crippen LogP contribution in [0.15, 0.2) is 24.3 Å². The summed E-state index contributed by atoms with van der Waals surface area (Å²) in [5.41, 5.74) is 2.05. The number of nitrogens with zero attached hydrogens (tertiary/aromatic N) is 1. The molecule has 116 valence electrons. The fraction of sp³-hybridized carbons (Fsp3) is 0.562. The number of methoxy groups -OCH3 is 1. The highest BCUT2D eigenvalue weighted by Crippen LogP contribution is 2.28. The molecule has 1 N–H and O–H groups in total. The van der Waals surface area contributed by atoms with E-state index in [2.05, 4.69) is 4.90 Å². The Bertz CT molecular complexity index is 463. The van der Waals surface area contributed by atoms with Gasteiger partial charge in [0.25, 0.3) is 0 Å². The Hall–Kier alpha value is -1.43. The fourth-order valence-electron chi connectivity index (χ4n) is 2.66. The summed E-state index contributed by atoms with van der Waals surface area (Å²) in [5.74, 6) is -1.20. The maximum atomic E-state index is 11.4. The van der Waals surface area contributed by atoms with E-state index in [1.807, 2.05) is 24.3 Å². The number of fused-ring (bicyclic) bond motifs is 1. The Balaban J connectivity index is 1.85. The molecule has 21 heavy (non-hydrogen) atoms. The summed E-state index contributed by atoms with van der Waals surface area (Å²) in [6, 6.07) is 7.80. The second kappa shape index (κ2) is 8.12. The number of carboxylic acid groups (broad SMARTS) is 1. The van der Waals surface area contributed by atoms with Gasteiger partial charge < -0.3 is 14.6 Å². The molecular formula is C16H23NO4. The van der Waals surface area contributed by atoms with E-state index < -0.39 is 11.9 Å². The van der Waals surface area contributed by atoms with Crippen molar-refractivity contribution in [2.45, 2.75) is 18.9 Å².